The quantitative estimate of drug-likeness (QED) is 0.560. The zero-order valence-corrected chi connectivity index (χ0v) is 11.2. The summed E-state index contributed by atoms with van der Waals surface area (Å²) in [5, 5.41) is 11.1. The first kappa shape index (κ1) is 15.7. The summed E-state index contributed by atoms with van der Waals surface area (Å²) in [4.78, 5) is 47.6. The highest BCUT2D eigenvalue weighted by atomic mass is 16.4. The van der Waals surface area contributed by atoms with E-state index in [0.29, 0.717) is 26.2 Å². The number of carbonyl (C=O) groups is 4. The van der Waals surface area contributed by atoms with Gasteiger partial charge in [0.15, 0.2) is 0 Å². The van der Waals surface area contributed by atoms with Crippen LogP contribution in [0.2, 0.25) is 0 Å². The molecule has 1 unspecified atom stereocenters. The molecular formula is C11H18N4O5. The van der Waals surface area contributed by atoms with Crippen molar-refractivity contribution >= 4 is 23.8 Å². The van der Waals surface area contributed by atoms with Gasteiger partial charge in [0.2, 0.25) is 11.8 Å². The van der Waals surface area contributed by atoms with Crippen molar-refractivity contribution in [3.05, 3.63) is 0 Å². The number of carbonyl (C=O) groups excluding carboxylic acids is 3. The molecule has 1 aliphatic heterocycles. The minimum Gasteiger partial charge on any atom is -0.480 e. The van der Waals surface area contributed by atoms with Crippen LogP contribution in [0.4, 0.5) is 4.79 Å². The molecular weight excluding hydrogens is 268 g/mol. The number of nitrogens with zero attached hydrogens (tertiary/aromatic N) is 2. The summed E-state index contributed by atoms with van der Waals surface area (Å²) < 4.78 is 0. The molecule has 0 aliphatic carbocycles. The predicted octanol–water partition coefficient (Wildman–Crippen LogP) is -1.81. The molecule has 1 atom stereocenters. The van der Waals surface area contributed by atoms with E-state index in [-0.39, 0.29) is 5.91 Å². The van der Waals surface area contributed by atoms with Crippen molar-refractivity contribution in [3.63, 3.8) is 0 Å². The number of hydrogen-bond acceptors (Lipinski definition) is 4. The molecule has 0 spiro atoms. The van der Waals surface area contributed by atoms with Gasteiger partial charge in [-0.05, 0) is 0 Å². The fourth-order valence-corrected chi connectivity index (χ4v) is 1.87. The molecule has 9 nitrogen and oxygen atoms in total. The van der Waals surface area contributed by atoms with Crippen LogP contribution in [-0.2, 0) is 14.4 Å². The van der Waals surface area contributed by atoms with Crippen molar-refractivity contribution in [2.45, 2.75) is 19.4 Å². The number of carboxylic acid groups (broad SMARTS) is 1. The van der Waals surface area contributed by atoms with Crippen LogP contribution in [0, 0.1) is 0 Å². The molecule has 1 aliphatic rings. The minimum absolute atomic E-state index is 0.0674. The fourth-order valence-electron chi connectivity index (χ4n) is 1.87. The summed E-state index contributed by atoms with van der Waals surface area (Å²) in [6.45, 7) is 2.87. The Kier molecular flexibility index (Phi) is 5.30. The van der Waals surface area contributed by atoms with Crippen molar-refractivity contribution in [3.8, 4) is 0 Å². The van der Waals surface area contributed by atoms with Crippen LogP contribution in [0.1, 0.15) is 13.3 Å². The van der Waals surface area contributed by atoms with Crippen LogP contribution in [0.5, 0.6) is 0 Å². The summed E-state index contributed by atoms with van der Waals surface area (Å²) >= 11 is 0. The summed E-state index contributed by atoms with van der Waals surface area (Å²) in [5.74, 6) is -2.19. The molecule has 1 rings (SSSR count). The fraction of sp³-hybridized carbons (Fsp3) is 0.636. The van der Waals surface area contributed by atoms with E-state index in [9.17, 15) is 19.2 Å². The molecule has 0 saturated carbocycles. The zero-order valence-electron chi connectivity index (χ0n) is 11.2. The van der Waals surface area contributed by atoms with Gasteiger partial charge in [0.25, 0.3) is 0 Å². The summed E-state index contributed by atoms with van der Waals surface area (Å²) in [7, 11) is 0. The number of piperazine rings is 1. The number of carboxylic acids is 1. The second-order valence-electron chi connectivity index (χ2n) is 4.50. The lowest BCUT2D eigenvalue weighted by Gasteiger charge is -2.34. The second kappa shape index (κ2) is 6.73. The van der Waals surface area contributed by atoms with Crippen molar-refractivity contribution in [1.82, 2.24) is 15.1 Å². The summed E-state index contributed by atoms with van der Waals surface area (Å²) in [6, 6.07) is -1.92. The van der Waals surface area contributed by atoms with Crippen molar-refractivity contribution < 1.29 is 24.3 Å². The first-order chi connectivity index (χ1) is 9.31. The smallest absolute Gasteiger partial charge is 0.326 e. The Bertz CT molecular complexity index is 417. The number of primary amides is 1. The Morgan fingerprint density at radius 1 is 1.15 bits per heavy atom. The molecule has 0 bridgehead atoms. The Balaban J connectivity index is 2.52. The summed E-state index contributed by atoms with van der Waals surface area (Å²) in [6.07, 6.45) is -0.464. The molecule has 1 fully saturated rings. The zero-order chi connectivity index (χ0) is 15.3. The lowest BCUT2D eigenvalue weighted by Crippen LogP contribution is -2.55. The summed E-state index contributed by atoms with van der Waals surface area (Å²) in [5.41, 5.74) is 4.93. The van der Waals surface area contributed by atoms with Gasteiger partial charge in [0.1, 0.15) is 6.04 Å². The Hall–Kier alpha value is -2.32. The lowest BCUT2D eigenvalue weighted by atomic mass is 10.2. The van der Waals surface area contributed by atoms with E-state index in [1.165, 1.54) is 11.8 Å². The van der Waals surface area contributed by atoms with Gasteiger partial charge in [-0.2, -0.15) is 0 Å². The number of urea groups is 1. The highest BCUT2D eigenvalue weighted by Crippen LogP contribution is 2.03. The topological polar surface area (TPSA) is 133 Å². The normalized spacial score (nSPS) is 16.4. The lowest BCUT2D eigenvalue weighted by molar-refractivity contribution is -0.141. The third kappa shape index (κ3) is 4.41. The largest absolute Gasteiger partial charge is 0.480 e. The average Bonchev–Trinajstić information content (AvgIpc) is 2.37. The Morgan fingerprint density at radius 2 is 1.65 bits per heavy atom. The highest BCUT2D eigenvalue weighted by Gasteiger charge is 2.27. The van der Waals surface area contributed by atoms with Crippen molar-refractivity contribution in [2.75, 3.05) is 26.2 Å². The van der Waals surface area contributed by atoms with Gasteiger partial charge in [0.05, 0.1) is 6.42 Å². The Morgan fingerprint density at radius 3 is 2.05 bits per heavy atom. The van der Waals surface area contributed by atoms with Crippen LogP contribution in [0.15, 0.2) is 0 Å². The molecule has 1 saturated heterocycles. The second-order valence-corrected chi connectivity index (χ2v) is 4.50. The SMILES string of the molecule is CC(=O)N1CCN(C(=O)NC(CC(N)=O)C(=O)O)CC1. The molecule has 112 valence electrons. The van der Waals surface area contributed by atoms with Gasteiger partial charge >= 0.3 is 12.0 Å². The van der Waals surface area contributed by atoms with Crippen molar-refractivity contribution in [1.29, 1.82) is 0 Å². The predicted molar refractivity (Wildman–Crippen MR) is 67.6 cm³/mol. The standard InChI is InChI=1S/C11H18N4O5/c1-7(16)14-2-4-15(5-3-14)11(20)13-8(10(18)19)6-9(12)17/h8H,2-6H2,1H3,(H2,12,17)(H,13,20)(H,18,19). The highest BCUT2D eigenvalue weighted by molar-refractivity contribution is 5.87. The molecule has 4 N–H and O–H groups in total. The van der Waals surface area contributed by atoms with Crippen LogP contribution in [-0.4, -0.2) is 70.9 Å². The minimum atomic E-state index is -1.34. The monoisotopic (exact) mass is 286 g/mol. The number of rotatable bonds is 4. The maximum absolute atomic E-state index is 11.9. The number of nitrogens with one attached hydrogen (secondary N) is 1. The Labute approximate surface area is 115 Å². The van der Waals surface area contributed by atoms with Crippen LogP contribution >= 0.6 is 0 Å². The first-order valence-electron chi connectivity index (χ1n) is 6.13. The van der Waals surface area contributed by atoms with Gasteiger partial charge in [-0.3, -0.25) is 9.59 Å². The molecule has 20 heavy (non-hydrogen) atoms. The van der Waals surface area contributed by atoms with Gasteiger partial charge in [-0.1, -0.05) is 0 Å². The number of nitrogens with two attached hydrogens (primary N) is 1. The third-order valence-electron chi connectivity index (χ3n) is 3.01. The van der Waals surface area contributed by atoms with E-state index in [4.69, 9.17) is 10.8 Å². The molecule has 0 aromatic rings. The molecule has 1 heterocycles. The maximum Gasteiger partial charge on any atom is 0.326 e. The van der Waals surface area contributed by atoms with E-state index in [2.05, 4.69) is 5.32 Å². The van der Waals surface area contributed by atoms with Crippen LogP contribution in [0.3, 0.4) is 0 Å². The average molecular weight is 286 g/mol. The maximum atomic E-state index is 11.9. The third-order valence-corrected chi connectivity index (χ3v) is 3.01. The van der Waals surface area contributed by atoms with E-state index >= 15 is 0 Å². The van der Waals surface area contributed by atoms with Crippen LogP contribution < -0.4 is 11.1 Å². The number of amides is 4. The van der Waals surface area contributed by atoms with Crippen LogP contribution in [0.25, 0.3) is 0 Å². The first-order valence-corrected chi connectivity index (χ1v) is 6.13. The molecule has 0 radical (unpaired) electrons. The molecule has 0 aromatic carbocycles. The van der Waals surface area contributed by atoms with Gasteiger partial charge < -0.3 is 26.0 Å². The van der Waals surface area contributed by atoms with Gasteiger partial charge in [-0.25, -0.2) is 9.59 Å². The van der Waals surface area contributed by atoms with E-state index in [0.717, 1.165) is 0 Å². The van der Waals surface area contributed by atoms with Gasteiger partial charge in [-0.15, -0.1) is 0 Å². The van der Waals surface area contributed by atoms with E-state index in [1.807, 2.05) is 0 Å². The van der Waals surface area contributed by atoms with E-state index < -0.39 is 30.4 Å². The molecule has 0 aromatic heterocycles. The number of aliphatic carboxylic acids is 1. The van der Waals surface area contributed by atoms with Crippen molar-refractivity contribution in [2.24, 2.45) is 5.73 Å². The van der Waals surface area contributed by atoms with Gasteiger partial charge in [0, 0.05) is 33.1 Å². The molecule has 9 heteroatoms. The number of hydrogen-bond donors (Lipinski definition) is 3. The van der Waals surface area contributed by atoms with E-state index in [1.54, 1.807) is 4.90 Å². The molecule has 4 amide bonds.